The Morgan fingerprint density at radius 1 is 1.31 bits per heavy atom. The maximum Gasteiger partial charge on any atom is 0.339 e. The van der Waals surface area contributed by atoms with Crippen molar-refractivity contribution in [2.45, 2.75) is 6.10 Å². The van der Waals surface area contributed by atoms with Gasteiger partial charge in [-0.2, -0.15) is 0 Å². The first-order valence-corrected chi connectivity index (χ1v) is 4.79. The third kappa shape index (κ3) is 1.49. The molecule has 1 aliphatic rings. The number of hydrogen-bond acceptors (Lipinski definition) is 5. The number of esters is 1. The minimum absolute atomic E-state index is 0.242. The van der Waals surface area contributed by atoms with E-state index in [0.29, 0.717) is 22.6 Å². The van der Waals surface area contributed by atoms with Crippen LogP contribution in [0.3, 0.4) is 0 Å². The van der Waals surface area contributed by atoms with Crippen molar-refractivity contribution in [1.29, 1.82) is 0 Å². The Hall–Kier alpha value is -1.75. The van der Waals surface area contributed by atoms with E-state index in [-0.39, 0.29) is 6.61 Å². The molecule has 0 radical (unpaired) electrons. The second kappa shape index (κ2) is 4.02. The number of carbonyl (C=O) groups excluding carboxylic acids is 1. The maximum atomic E-state index is 11.5. The summed E-state index contributed by atoms with van der Waals surface area (Å²) in [6.45, 7) is -0.242. The zero-order valence-electron chi connectivity index (χ0n) is 9.02. The first kappa shape index (κ1) is 10.8. The zero-order chi connectivity index (χ0) is 11.7. The van der Waals surface area contributed by atoms with Gasteiger partial charge in [0.05, 0.1) is 26.4 Å². The molecule has 0 fully saturated rings. The zero-order valence-corrected chi connectivity index (χ0v) is 9.02. The molecule has 1 aliphatic heterocycles. The van der Waals surface area contributed by atoms with E-state index < -0.39 is 12.1 Å². The van der Waals surface area contributed by atoms with Gasteiger partial charge in [-0.3, -0.25) is 0 Å². The monoisotopic (exact) mass is 224 g/mol. The van der Waals surface area contributed by atoms with Crippen LogP contribution >= 0.6 is 0 Å². The lowest BCUT2D eigenvalue weighted by Crippen LogP contribution is -2.03. The molecule has 86 valence electrons. The van der Waals surface area contributed by atoms with Gasteiger partial charge in [-0.25, -0.2) is 4.79 Å². The second-order valence-corrected chi connectivity index (χ2v) is 3.37. The van der Waals surface area contributed by atoms with Gasteiger partial charge in [-0.15, -0.1) is 0 Å². The average Bonchev–Trinajstić information content (AvgIpc) is 2.63. The van der Waals surface area contributed by atoms with E-state index in [1.807, 2.05) is 0 Å². The molecule has 1 atom stereocenters. The summed E-state index contributed by atoms with van der Waals surface area (Å²) in [6.07, 6.45) is -0.609. The molecule has 1 aromatic carbocycles. The first-order chi connectivity index (χ1) is 7.71. The van der Waals surface area contributed by atoms with E-state index >= 15 is 0 Å². The van der Waals surface area contributed by atoms with E-state index in [0.717, 1.165) is 0 Å². The highest BCUT2D eigenvalue weighted by molar-refractivity contribution is 5.95. The molecule has 2 rings (SSSR count). The van der Waals surface area contributed by atoms with E-state index in [1.54, 1.807) is 12.1 Å². The maximum absolute atomic E-state index is 11.5. The van der Waals surface area contributed by atoms with Crippen molar-refractivity contribution >= 4 is 5.97 Å². The predicted octanol–water partition coefficient (Wildman–Crippen LogP) is 0.908. The van der Waals surface area contributed by atoms with E-state index in [1.165, 1.54) is 14.2 Å². The van der Waals surface area contributed by atoms with Crippen LogP contribution in [0.1, 0.15) is 22.0 Å². The normalized spacial score (nSPS) is 17.9. The number of aliphatic hydroxyl groups is 1. The molecule has 0 amide bonds. The van der Waals surface area contributed by atoms with Crippen molar-refractivity contribution in [1.82, 2.24) is 0 Å². The van der Waals surface area contributed by atoms with E-state index in [2.05, 4.69) is 0 Å². The van der Waals surface area contributed by atoms with Crippen LogP contribution in [0.15, 0.2) is 12.1 Å². The molecule has 0 saturated carbocycles. The molecule has 5 heteroatoms. The molecule has 16 heavy (non-hydrogen) atoms. The standard InChI is InChI=1S/C11H12O5/c1-14-8-3-6-7(4-9(8)15-2)11(13)16-10(6)5-12/h3-4,10,12H,5H2,1-2H3/t10-/m0/s1. The molecule has 0 aromatic heterocycles. The average molecular weight is 224 g/mol. The Bertz CT molecular complexity index is 427. The summed E-state index contributed by atoms with van der Waals surface area (Å²) in [7, 11) is 3.00. The fourth-order valence-electron chi connectivity index (χ4n) is 1.73. The Labute approximate surface area is 92.5 Å². The number of methoxy groups -OCH3 is 2. The predicted molar refractivity (Wildman–Crippen MR) is 54.8 cm³/mol. The molecular weight excluding hydrogens is 212 g/mol. The quantitative estimate of drug-likeness (QED) is 0.773. The Kier molecular flexibility index (Phi) is 2.70. The van der Waals surface area contributed by atoms with Gasteiger partial charge < -0.3 is 19.3 Å². The largest absolute Gasteiger partial charge is 0.493 e. The highest BCUT2D eigenvalue weighted by atomic mass is 16.6. The number of benzene rings is 1. The number of hydrogen-bond donors (Lipinski definition) is 1. The van der Waals surface area contributed by atoms with Crippen molar-refractivity contribution in [2.75, 3.05) is 20.8 Å². The van der Waals surface area contributed by atoms with Crippen LogP contribution in [0.2, 0.25) is 0 Å². The third-order valence-electron chi connectivity index (χ3n) is 2.54. The number of ether oxygens (including phenoxy) is 3. The van der Waals surface area contributed by atoms with E-state index in [4.69, 9.17) is 19.3 Å². The fourth-order valence-corrected chi connectivity index (χ4v) is 1.73. The van der Waals surface area contributed by atoms with Gasteiger partial charge in [-0.05, 0) is 12.1 Å². The summed E-state index contributed by atoms with van der Waals surface area (Å²) < 4.78 is 15.2. The fraction of sp³-hybridized carbons (Fsp3) is 0.364. The SMILES string of the molecule is COc1cc2c(cc1OC)[C@H](CO)OC2=O. The number of carbonyl (C=O) groups is 1. The minimum atomic E-state index is -0.609. The Morgan fingerprint density at radius 3 is 2.50 bits per heavy atom. The molecular formula is C11H12O5. The van der Waals surface area contributed by atoms with Crippen molar-refractivity contribution in [3.05, 3.63) is 23.3 Å². The Morgan fingerprint density at radius 2 is 1.94 bits per heavy atom. The molecule has 1 N–H and O–H groups in total. The smallest absolute Gasteiger partial charge is 0.339 e. The van der Waals surface area contributed by atoms with Crippen LogP contribution in [0.5, 0.6) is 11.5 Å². The molecule has 0 spiro atoms. The van der Waals surface area contributed by atoms with E-state index in [9.17, 15) is 4.79 Å². The number of fused-ring (bicyclic) bond motifs is 1. The van der Waals surface area contributed by atoms with Crippen molar-refractivity contribution in [3.8, 4) is 11.5 Å². The number of cyclic esters (lactones) is 1. The van der Waals surface area contributed by atoms with Crippen LogP contribution in [0, 0.1) is 0 Å². The summed E-state index contributed by atoms with van der Waals surface area (Å²) in [5, 5.41) is 9.07. The topological polar surface area (TPSA) is 65.0 Å². The van der Waals surface area contributed by atoms with Gasteiger partial charge in [-0.1, -0.05) is 0 Å². The molecule has 5 nitrogen and oxygen atoms in total. The van der Waals surface area contributed by atoms with Crippen LogP contribution in [-0.2, 0) is 4.74 Å². The molecule has 0 aliphatic carbocycles. The van der Waals surface area contributed by atoms with Gasteiger partial charge in [0.15, 0.2) is 17.6 Å². The van der Waals surface area contributed by atoms with Gasteiger partial charge >= 0.3 is 5.97 Å². The van der Waals surface area contributed by atoms with Crippen LogP contribution in [0.4, 0.5) is 0 Å². The summed E-state index contributed by atoms with van der Waals surface area (Å²) in [5.74, 6) is 0.532. The minimum Gasteiger partial charge on any atom is -0.493 e. The summed E-state index contributed by atoms with van der Waals surface area (Å²) in [4.78, 5) is 11.5. The van der Waals surface area contributed by atoms with Crippen molar-refractivity contribution in [2.24, 2.45) is 0 Å². The van der Waals surface area contributed by atoms with Crippen LogP contribution in [-0.4, -0.2) is 31.9 Å². The molecule has 0 unspecified atom stereocenters. The highest BCUT2D eigenvalue weighted by Gasteiger charge is 2.32. The summed E-state index contributed by atoms with van der Waals surface area (Å²) >= 11 is 0. The number of rotatable bonds is 3. The van der Waals surface area contributed by atoms with Crippen molar-refractivity contribution in [3.63, 3.8) is 0 Å². The number of aliphatic hydroxyl groups excluding tert-OH is 1. The van der Waals surface area contributed by atoms with Gasteiger partial charge in [0.25, 0.3) is 0 Å². The van der Waals surface area contributed by atoms with Gasteiger partial charge in [0.2, 0.25) is 0 Å². The van der Waals surface area contributed by atoms with Gasteiger partial charge in [0.1, 0.15) is 0 Å². The molecule has 0 bridgehead atoms. The van der Waals surface area contributed by atoms with Gasteiger partial charge in [0, 0.05) is 5.56 Å². The van der Waals surface area contributed by atoms with Crippen LogP contribution < -0.4 is 9.47 Å². The molecule has 1 heterocycles. The van der Waals surface area contributed by atoms with Crippen LogP contribution in [0.25, 0.3) is 0 Å². The third-order valence-corrected chi connectivity index (χ3v) is 2.54. The second-order valence-electron chi connectivity index (χ2n) is 3.37. The lowest BCUT2D eigenvalue weighted by molar-refractivity contribution is 0.0235. The lowest BCUT2D eigenvalue weighted by atomic mass is 10.0. The molecule has 1 aromatic rings. The Balaban J connectivity index is 2.54. The highest BCUT2D eigenvalue weighted by Crippen LogP contribution is 2.38. The first-order valence-electron chi connectivity index (χ1n) is 4.79. The summed E-state index contributed by atoms with van der Waals surface area (Å²) in [5.41, 5.74) is 1.04. The summed E-state index contributed by atoms with van der Waals surface area (Å²) in [6, 6.07) is 3.21. The molecule has 0 saturated heterocycles. The lowest BCUT2D eigenvalue weighted by Gasteiger charge is -2.10. The van der Waals surface area contributed by atoms with Crippen molar-refractivity contribution < 1.29 is 24.1 Å².